The Hall–Kier alpha value is 1.11. The van der Waals surface area contributed by atoms with Crippen LogP contribution in [-0.4, -0.2) is 82.1 Å². The van der Waals surface area contributed by atoms with Crippen LogP contribution in [0.3, 0.4) is 0 Å². The topological polar surface area (TPSA) is 99.4 Å². The van der Waals surface area contributed by atoms with Gasteiger partial charge in [0.2, 0.25) is 0 Å². The van der Waals surface area contributed by atoms with Crippen LogP contribution in [0.5, 0.6) is 0 Å². The molecule has 0 aromatic rings. The van der Waals surface area contributed by atoms with Crippen molar-refractivity contribution >= 4 is 23.1 Å². The van der Waals surface area contributed by atoms with E-state index in [1.54, 1.807) is 0 Å². The van der Waals surface area contributed by atoms with E-state index in [1.807, 2.05) is 0 Å². The van der Waals surface area contributed by atoms with Crippen LogP contribution in [0.1, 0.15) is 0 Å². The predicted octanol–water partition coefficient (Wildman–Crippen LogP) is -8.73. The third kappa shape index (κ3) is 17.7. The second-order valence-electron chi connectivity index (χ2n) is 2.24. The van der Waals surface area contributed by atoms with Gasteiger partial charge in [0, 0.05) is 0 Å². The first-order valence-corrected chi connectivity index (χ1v) is 3.53. The molecule has 0 aliphatic rings. The van der Waals surface area contributed by atoms with E-state index in [-0.39, 0.29) is 61.1 Å². The minimum absolute atomic E-state index is 0. The number of hydrogen-bond donors (Lipinski definition) is 4. The van der Waals surface area contributed by atoms with Crippen molar-refractivity contribution in [2.24, 2.45) is 0 Å². The van der Waals surface area contributed by atoms with Gasteiger partial charge in [0.05, 0.1) is 13.2 Å². The molecule has 0 bridgehead atoms. The van der Waals surface area contributed by atoms with E-state index >= 15 is 0 Å². The summed E-state index contributed by atoms with van der Waals surface area (Å²) in [7, 11) is 0. The molecule has 0 amide bonds. The van der Waals surface area contributed by atoms with Gasteiger partial charge in [0.15, 0.2) is 0 Å². The smallest absolute Gasteiger partial charge is 1.00 e. The summed E-state index contributed by atoms with van der Waals surface area (Å²) in [6.07, 6.45) is -1.98. The van der Waals surface area contributed by atoms with Crippen molar-refractivity contribution in [1.82, 2.24) is 0 Å². The number of halogens is 2. The van der Waals surface area contributed by atoms with Crippen molar-refractivity contribution in [3.05, 3.63) is 0 Å². The Morgan fingerprint density at radius 2 is 1.07 bits per heavy atom. The second kappa shape index (κ2) is 17.5. The molecule has 2 unspecified atom stereocenters. The molecule has 4 N–H and O–H groups in total. The van der Waals surface area contributed by atoms with Crippen LogP contribution in [0.15, 0.2) is 0 Å². The van der Waals surface area contributed by atoms with Gasteiger partial charge in [0.1, 0.15) is 25.4 Å². The summed E-state index contributed by atoms with van der Waals surface area (Å²) in [5, 5.41) is 34.1. The number of aliphatic hydroxyl groups excluding tert-OH is 4. The summed E-state index contributed by atoms with van der Waals surface area (Å²) in [6.45, 7) is -1.17. The van der Waals surface area contributed by atoms with E-state index in [9.17, 15) is 0 Å². The monoisotopic (exact) mass is 276 g/mol. The molecule has 0 saturated heterocycles. The summed E-state index contributed by atoms with van der Waals surface area (Å²) in [5.74, 6) is 0. The standard InChI is InChI=1S/C6H14O6.2ClH.Mg/c7-1-5(9)3-11-12-4-6(10)2-8;;;/h5-10H,1-4H2;2*1H;/q;;;+2/p-2. The average Bonchev–Trinajstić information content (AvgIpc) is 2.11. The van der Waals surface area contributed by atoms with Crippen LogP contribution in [0.2, 0.25) is 0 Å². The Kier molecular flexibility index (Phi) is 29.3. The first kappa shape index (κ1) is 25.1. The molecule has 15 heavy (non-hydrogen) atoms. The van der Waals surface area contributed by atoms with Crippen LogP contribution in [0.4, 0.5) is 0 Å². The Labute approximate surface area is 116 Å². The van der Waals surface area contributed by atoms with Crippen molar-refractivity contribution in [2.45, 2.75) is 12.2 Å². The van der Waals surface area contributed by atoms with Gasteiger partial charge in [-0.1, -0.05) is 0 Å². The summed E-state index contributed by atoms with van der Waals surface area (Å²) in [4.78, 5) is 8.76. The molecule has 90 valence electrons. The summed E-state index contributed by atoms with van der Waals surface area (Å²) < 4.78 is 0. The Balaban J connectivity index is -0.000000202. The van der Waals surface area contributed by atoms with Gasteiger partial charge in [0.25, 0.3) is 0 Å². The van der Waals surface area contributed by atoms with E-state index in [0.717, 1.165) is 0 Å². The Morgan fingerprint density at radius 1 is 0.800 bits per heavy atom. The molecule has 9 heteroatoms. The van der Waals surface area contributed by atoms with Gasteiger partial charge in [-0.25, -0.2) is 9.78 Å². The molecule has 0 spiro atoms. The molecule has 6 nitrogen and oxygen atoms in total. The molecule has 0 aliphatic carbocycles. The zero-order valence-electron chi connectivity index (χ0n) is 8.05. The Bertz CT molecular complexity index is 99.6. The van der Waals surface area contributed by atoms with Crippen LogP contribution < -0.4 is 24.8 Å². The maximum absolute atomic E-state index is 8.71. The normalized spacial score (nSPS) is 12.8. The van der Waals surface area contributed by atoms with Crippen LogP contribution in [-0.2, 0) is 9.78 Å². The van der Waals surface area contributed by atoms with Gasteiger partial charge in [-0.3, -0.25) is 0 Å². The van der Waals surface area contributed by atoms with E-state index < -0.39 is 25.4 Å². The predicted molar refractivity (Wildman–Crippen MR) is 43.8 cm³/mol. The molecule has 0 saturated carbocycles. The molecular weight excluding hydrogens is 263 g/mol. The minimum atomic E-state index is -0.990. The first-order chi connectivity index (χ1) is 5.70. The molecule has 0 aliphatic heterocycles. The van der Waals surface area contributed by atoms with Crippen molar-refractivity contribution in [1.29, 1.82) is 0 Å². The first-order valence-electron chi connectivity index (χ1n) is 3.53. The van der Waals surface area contributed by atoms with Gasteiger partial charge in [-0.2, -0.15) is 0 Å². The summed E-state index contributed by atoms with van der Waals surface area (Å²) in [5.41, 5.74) is 0. The fourth-order valence-electron chi connectivity index (χ4n) is 0.359. The van der Waals surface area contributed by atoms with E-state index in [0.29, 0.717) is 0 Å². The van der Waals surface area contributed by atoms with Gasteiger partial charge < -0.3 is 45.2 Å². The zero-order valence-corrected chi connectivity index (χ0v) is 11.0. The molecule has 0 radical (unpaired) electrons. The summed E-state index contributed by atoms with van der Waals surface area (Å²) in [6, 6.07) is 0. The number of rotatable bonds is 7. The van der Waals surface area contributed by atoms with Crippen molar-refractivity contribution in [3.63, 3.8) is 0 Å². The quantitative estimate of drug-likeness (QED) is 0.160. The van der Waals surface area contributed by atoms with Gasteiger partial charge >= 0.3 is 23.1 Å². The number of aliphatic hydroxyl groups is 4. The second-order valence-corrected chi connectivity index (χ2v) is 2.24. The van der Waals surface area contributed by atoms with Gasteiger partial charge in [-0.15, -0.1) is 0 Å². The van der Waals surface area contributed by atoms with Crippen molar-refractivity contribution < 1.29 is 55.0 Å². The maximum Gasteiger partial charge on any atom is 2.00 e. The summed E-state index contributed by atoms with van der Waals surface area (Å²) >= 11 is 0. The van der Waals surface area contributed by atoms with E-state index in [2.05, 4.69) is 9.78 Å². The molecule has 0 rings (SSSR count). The fourth-order valence-corrected chi connectivity index (χ4v) is 0.359. The maximum atomic E-state index is 8.71. The fraction of sp³-hybridized carbons (Fsp3) is 1.00. The largest absolute Gasteiger partial charge is 2.00 e. The third-order valence-corrected chi connectivity index (χ3v) is 1.03. The van der Waals surface area contributed by atoms with E-state index in [4.69, 9.17) is 20.4 Å². The average molecular weight is 277 g/mol. The van der Waals surface area contributed by atoms with Crippen molar-refractivity contribution in [2.75, 3.05) is 26.4 Å². The van der Waals surface area contributed by atoms with Crippen LogP contribution in [0, 0.1) is 0 Å². The molecular formula is C6H14Cl2MgO6. The molecule has 0 heterocycles. The van der Waals surface area contributed by atoms with Crippen molar-refractivity contribution in [3.8, 4) is 0 Å². The Morgan fingerprint density at radius 3 is 1.27 bits per heavy atom. The third-order valence-electron chi connectivity index (χ3n) is 1.03. The molecule has 0 fully saturated rings. The van der Waals surface area contributed by atoms with E-state index in [1.165, 1.54) is 0 Å². The van der Waals surface area contributed by atoms with Crippen LogP contribution >= 0.6 is 0 Å². The molecule has 2 atom stereocenters. The molecule has 0 aromatic carbocycles. The van der Waals surface area contributed by atoms with Crippen LogP contribution in [0.25, 0.3) is 0 Å². The minimum Gasteiger partial charge on any atom is -1.00 e. The molecule has 0 aromatic heterocycles. The van der Waals surface area contributed by atoms with Gasteiger partial charge in [-0.05, 0) is 0 Å². The SMILES string of the molecule is OCC(O)COOCC(O)CO.[Cl-].[Cl-].[Mg+2]. The zero-order chi connectivity index (χ0) is 9.40. The number of hydrogen-bond acceptors (Lipinski definition) is 6.